The molecule has 0 aliphatic carbocycles. The van der Waals surface area contributed by atoms with E-state index >= 15 is 0 Å². The summed E-state index contributed by atoms with van der Waals surface area (Å²) in [6, 6.07) is 13.7. The Kier molecular flexibility index (Phi) is 5.15. The highest BCUT2D eigenvalue weighted by molar-refractivity contribution is 8.01. The van der Waals surface area contributed by atoms with Gasteiger partial charge < -0.3 is 10.6 Å². The largest absolute Gasteiger partial charge is 0.356 e. The molecule has 1 unspecified atom stereocenters. The third kappa shape index (κ3) is 4.14. The Hall–Kier alpha value is -2.34. The summed E-state index contributed by atoms with van der Waals surface area (Å²) in [5.74, 6) is -0.583. The molecule has 24 heavy (non-hydrogen) atoms. The number of benzene rings is 2. The van der Waals surface area contributed by atoms with Crippen LogP contribution in [0.2, 0.25) is 0 Å². The maximum Gasteiger partial charge on any atom is 0.238 e. The smallest absolute Gasteiger partial charge is 0.238 e. The molecule has 1 heterocycles. The van der Waals surface area contributed by atoms with Crippen molar-refractivity contribution in [1.29, 1.82) is 0 Å². The molecule has 0 saturated carbocycles. The molecular weight excluding hydrogens is 327 g/mol. The van der Waals surface area contributed by atoms with Gasteiger partial charge in [-0.15, -0.1) is 11.8 Å². The van der Waals surface area contributed by atoms with Gasteiger partial charge >= 0.3 is 0 Å². The predicted molar refractivity (Wildman–Crippen MR) is 92.4 cm³/mol. The van der Waals surface area contributed by atoms with Crippen LogP contribution >= 0.6 is 11.8 Å². The van der Waals surface area contributed by atoms with Crippen molar-refractivity contribution in [3.63, 3.8) is 0 Å². The van der Waals surface area contributed by atoms with Crippen LogP contribution < -0.4 is 10.6 Å². The lowest BCUT2D eigenvalue weighted by molar-refractivity contribution is -0.124. The summed E-state index contributed by atoms with van der Waals surface area (Å²) in [4.78, 5) is 25.1. The van der Waals surface area contributed by atoms with E-state index in [2.05, 4.69) is 10.6 Å². The monoisotopic (exact) mass is 344 g/mol. The van der Waals surface area contributed by atoms with E-state index in [0.29, 0.717) is 13.0 Å². The zero-order valence-corrected chi connectivity index (χ0v) is 13.7. The number of rotatable bonds is 5. The molecule has 124 valence electrons. The third-order valence-electron chi connectivity index (χ3n) is 3.73. The van der Waals surface area contributed by atoms with Crippen molar-refractivity contribution in [2.45, 2.75) is 23.0 Å². The molecule has 2 aromatic carbocycles. The number of carbonyl (C=O) groups is 2. The van der Waals surface area contributed by atoms with E-state index in [0.717, 1.165) is 16.1 Å². The van der Waals surface area contributed by atoms with Gasteiger partial charge in [-0.25, -0.2) is 4.39 Å². The fourth-order valence-corrected chi connectivity index (χ4v) is 3.58. The van der Waals surface area contributed by atoms with Gasteiger partial charge in [0.2, 0.25) is 11.8 Å². The van der Waals surface area contributed by atoms with Gasteiger partial charge in [0.25, 0.3) is 0 Å². The number of amides is 2. The predicted octanol–water partition coefficient (Wildman–Crippen LogP) is 2.99. The Balaban J connectivity index is 1.48. The van der Waals surface area contributed by atoms with Crippen LogP contribution in [0.4, 0.5) is 10.1 Å². The van der Waals surface area contributed by atoms with E-state index in [1.165, 1.54) is 23.9 Å². The summed E-state index contributed by atoms with van der Waals surface area (Å²) in [7, 11) is 0. The Labute approximate surface area is 143 Å². The van der Waals surface area contributed by atoms with Gasteiger partial charge in [0.1, 0.15) is 5.82 Å². The van der Waals surface area contributed by atoms with Crippen LogP contribution in [0, 0.1) is 5.82 Å². The number of hydrogen-bond donors (Lipinski definition) is 2. The number of halogens is 1. The van der Waals surface area contributed by atoms with Crippen molar-refractivity contribution in [2.24, 2.45) is 0 Å². The van der Waals surface area contributed by atoms with E-state index in [1.807, 2.05) is 24.3 Å². The minimum absolute atomic E-state index is 0.133. The lowest BCUT2D eigenvalue weighted by Gasteiger charge is -2.23. The molecule has 0 saturated heterocycles. The molecule has 0 radical (unpaired) electrons. The highest BCUT2D eigenvalue weighted by atomic mass is 32.2. The van der Waals surface area contributed by atoms with Crippen molar-refractivity contribution in [1.82, 2.24) is 5.32 Å². The van der Waals surface area contributed by atoms with Crippen molar-refractivity contribution >= 4 is 29.3 Å². The number of hydrogen-bond acceptors (Lipinski definition) is 3. The molecule has 0 spiro atoms. The third-order valence-corrected chi connectivity index (χ3v) is 5.00. The van der Waals surface area contributed by atoms with Crippen LogP contribution in [0.3, 0.4) is 0 Å². The lowest BCUT2D eigenvalue weighted by Crippen LogP contribution is -2.35. The summed E-state index contributed by atoms with van der Waals surface area (Å²) in [6.07, 6.45) is 0.757. The maximum absolute atomic E-state index is 12.8. The highest BCUT2D eigenvalue weighted by Crippen LogP contribution is 2.36. The first-order valence-electron chi connectivity index (χ1n) is 7.69. The molecule has 1 aliphatic heterocycles. The zero-order chi connectivity index (χ0) is 16.9. The molecule has 0 bridgehead atoms. The van der Waals surface area contributed by atoms with E-state index in [4.69, 9.17) is 0 Å². The summed E-state index contributed by atoms with van der Waals surface area (Å²) < 4.78 is 12.8. The fraction of sp³-hybridized carbons (Fsp3) is 0.222. The summed E-state index contributed by atoms with van der Waals surface area (Å²) in [6.45, 7) is 0.458. The first kappa shape index (κ1) is 16.5. The van der Waals surface area contributed by atoms with Gasteiger partial charge in [0, 0.05) is 17.9 Å². The molecule has 1 atom stereocenters. The number of fused-ring (bicyclic) bond motifs is 1. The highest BCUT2D eigenvalue weighted by Gasteiger charge is 2.28. The van der Waals surface area contributed by atoms with Crippen LogP contribution in [0.15, 0.2) is 53.4 Å². The molecule has 3 rings (SSSR count). The second-order valence-corrected chi connectivity index (χ2v) is 6.77. The average molecular weight is 344 g/mol. The first-order chi connectivity index (χ1) is 11.6. The van der Waals surface area contributed by atoms with Crippen LogP contribution in [-0.2, 0) is 16.0 Å². The minimum Gasteiger partial charge on any atom is -0.356 e. The van der Waals surface area contributed by atoms with Crippen molar-refractivity contribution < 1.29 is 14.0 Å². The number of anilines is 1. The number of para-hydroxylation sites is 1. The van der Waals surface area contributed by atoms with Gasteiger partial charge in [-0.1, -0.05) is 24.3 Å². The van der Waals surface area contributed by atoms with Gasteiger partial charge in [0.15, 0.2) is 0 Å². The summed E-state index contributed by atoms with van der Waals surface area (Å²) >= 11 is 1.41. The molecule has 1 aliphatic rings. The zero-order valence-electron chi connectivity index (χ0n) is 12.9. The Morgan fingerprint density at radius 1 is 1.17 bits per heavy atom. The lowest BCUT2D eigenvalue weighted by atomic mass is 10.1. The van der Waals surface area contributed by atoms with Crippen LogP contribution in [-0.4, -0.2) is 23.6 Å². The Bertz CT molecular complexity index is 749. The van der Waals surface area contributed by atoms with Crippen molar-refractivity contribution in [3.8, 4) is 0 Å². The summed E-state index contributed by atoms with van der Waals surface area (Å²) in [5.41, 5.74) is 1.75. The first-order valence-corrected chi connectivity index (χ1v) is 8.57. The average Bonchev–Trinajstić information content (AvgIpc) is 2.57. The molecule has 0 fully saturated rings. The van der Waals surface area contributed by atoms with Gasteiger partial charge in [0.05, 0.1) is 10.9 Å². The Morgan fingerprint density at radius 3 is 2.71 bits per heavy atom. The molecule has 2 amide bonds. The van der Waals surface area contributed by atoms with Crippen LogP contribution in [0.5, 0.6) is 0 Å². The van der Waals surface area contributed by atoms with Gasteiger partial charge in [-0.05, 0) is 36.2 Å². The molecule has 0 aromatic heterocycles. The maximum atomic E-state index is 12.8. The van der Waals surface area contributed by atoms with E-state index in [9.17, 15) is 14.0 Å². The molecule has 4 nitrogen and oxygen atoms in total. The van der Waals surface area contributed by atoms with Gasteiger partial charge in [-0.3, -0.25) is 9.59 Å². The van der Waals surface area contributed by atoms with E-state index in [-0.39, 0.29) is 24.1 Å². The quantitative estimate of drug-likeness (QED) is 0.877. The fourth-order valence-electron chi connectivity index (χ4n) is 2.46. The van der Waals surface area contributed by atoms with E-state index < -0.39 is 5.25 Å². The number of carbonyl (C=O) groups excluding carboxylic acids is 2. The summed E-state index contributed by atoms with van der Waals surface area (Å²) in [5, 5.41) is 5.21. The normalized spacial score (nSPS) is 16.2. The second-order valence-electron chi connectivity index (χ2n) is 5.52. The number of thioether (sulfide) groups is 1. The van der Waals surface area contributed by atoms with E-state index in [1.54, 1.807) is 12.1 Å². The number of nitrogens with one attached hydrogen (secondary N) is 2. The second kappa shape index (κ2) is 7.49. The SMILES string of the molecule is O=C(CC1Sc2ccccc2NC1=O)NCCc1ccc(F)cc1. The standard InChI is InChI=1S/C18H17FN2O2S/c19-13-7-5-12(6-8-13)9-10-20-17(22)11-16-18(23)21-14-3-1-2-4-15(14)24-16/h1-8,16H,9-11H2,(H,20,22)(H,21,23). The topological polar surface area (TPSA) is 58.2 Å². The molecule has 6 heteroatoms. The Morgan fingerprint density at radius 2 is 1.92 bits per heavy atom. The molecule has 2 aromatic rings. The van der Waals surface area contributed by atoms with Crippen LogP contribution in [0.1, 0.15) is 12.0 Å². The van der Waals surface area contributed by atoms with Crippen molar-refractivity contribution in [3.05, 3.63) is 59.9 Å². The van der Waals surface area contributed by atoms with Crippen LogP contribution in [0.25, 0.3) is 0 Å². The minimum atomic E-state index is -0.425. The molecular formula is C18H17FN2O2S. The molecule has 2 N–H and O–H groups in total. The van der Waals surface area contributed by atoms with Gasteiger partial charge in [-0.2, -0.15) is 0 Å². The van der Waals surface area contributed by atoms with Crippen molar-refractivity contribution in [2.75, 3.05) is 11.9 Å².